The summed E-state index contributed by atoms with van der Waals surface area (Å²) < 4.78 is 0. The molecule has 1 aromatic rings. The van der Waals surface area contributed by atoms with Crippen molar-refractivity contribution in [2.75, 3.05) is 13.2 Å². The van der Waals surface area contributed by atoms with Gasteiger partial charge in [0.1, 0.15) is 0 Å². The van der Waals surface area contributed by atoms with Gasteiger partial charge in [-0.2, -0.15) is 0 Å². The fraction of sp³-hybridized carbons (Fsp3) is 0.667. The van der Waals surface area contributed by atoms with Crippen LogP contribution in [0.2, 0.25) is 10.0 Å². The van der Waals surface area contributed by atoms with E-state index in [1.165, 1.54) is 44.9 Å². The minimum absolute atomic E-state index is 0.0400. The molecule has 0 unspecified atom stereocenters. The van der Waals surface area contributed by atoms with Gasteiger partial charge in [0.15, 0.2) is 0 Å². The van der Waals surface area contributed by atoms with Crippen molar-refractivity contribution in [3.05, 3.63) is 33.8 Å². The molecule has 1 aromatic carbocycles. The highest BCUT2D eigenvalue weighted by Gasteiger charge is 2.13. The fourth-order valence-electron chi connectivity index (χ4n) is 2.59. The number of halogens is 2. The van der Waals surface area contributed by atoms with Crippen LogP contribution < -0.4 is 5.32 Å². The molecule has 0 saturated heterocycles. The molecule has 2 nitrogen and oxygen atoms in total. The largest absolute Gasteiger partial charge is 0.394 e. The molecule has 1 rings (SSSR count). The van der Waals surface area contributed by atoms with Gasteiger partial charge in [-0.25, -0.2) is 0 Å². The molecule has 0 aromatic heterocycles. The van der Waals surface area contributed by atoms with E-state index >= 15 is 0 Å². The molecule has 22 heavy (non-hydrogen) atoms. The van der Waals surface area contributed by atoms with E-state index in [-0.39, 0.29) is 12.6 Å². The topological polar surface area (TPSA) is 32.3 Å². The number of hydrogen-bond donors (Lipinski definition) is 2. The van der Waals surface area contributed by atoms with Crippen molar-refractivity contribution in [3.8, 4) is 0 Å². The highest BCUT2D eigenvalue weighted by Crippen LogP contribution is 2.26. The standard InChI is InChI=1S/C18H29Cl2NO/c1-2-3-4-5-6-7-8-9-12-21-18(14-22)16-11-10-15(19)13-17(16)20/h10-11,13,18,21-22H,2-9,12,14H2,1H3/t18-/m1/s1. The van der Waals surface area contributed by atoms with Gasteiger partial charge >= 0.3 is 0 Å². The van der Waals surface area contributed by atoms with E-state index in [2.05, 4.69) is 12.2 Å². The number of rotatable bonds is 12. The predicted molar refractivity (Wildman–Crippen MR) is 96.9 cm³/mol. The van der Waals surface area contributed by atoms with Crippen LogP contribution in [0.15, 0.2) is 18.2 Å². The Hall–Kier alpha value is -0.280. The molecular formula is C18H29Cl2NO. The maximum Gasteiger partial charge on any atom is 0.0627 e. The average Bonchev–Trinajstić information content (AvgIpc) is 2.50. The Labute approximate surface area is 145 Å². The molecule has 0 heterocycles. The van der Waals surface area contributed by atoms with E-state index < -0.39 is 0 Å². The van der Waals surface area contributed by atoms with E-state index in [1.54, 1.807) is 6.07 Å². The summed E-state index contributed by atoms with van der Waals surface area (Å²) in [4.78, 5) is 0. The molecule has 126 valence electrons. The minimum atomic E-state index is -0.116. The third-order valence-corrected chi connectivity index (χ3v) is 4.50. The number of benzene rings is 1. The highest BCUT2D eigenvalue weighted by atomic mass is 35.5. The zero-order valence-electron chi connectivity index (χ0n) is 13.6. The molecule has 0 aliphatic carbocycles. The van der Waals surface area contributed by atoms with Crippen LogP contribution >= 0.6 is 23.2 Å². The normalized spacial score (nSPS) is 12.5. The van der Waals surface area contributed by atoms with E-state index in [1.807, 2.05) is 12.1 Å². The smallest absolute Gasteiger partial charge is 0.0627 e. The summed E-state index contributed by atoms with van der Waals surface area (Å²) in [7, 11) is 0. The van der Waals surface area contributed by atoms with Gasteiger partial charge < -0.3 is 10.4 Å². The fourth-order valence-corrected chi connectivity index (χ4v) is 3.13. The second kappa shape index (κ2) is 12.2. The lowest BCUT2D eigenvalue weighted by Gasteiger charge is -2.18. The Bertz CT molecular complexity index is 412. The number of aliphatic hydroxyl groups excluding tert-OH is 1. The van der Waals surface area contributed by atoms with Crippen molar-refractivity contribution in [1.29, 1.82) is 0 Å². The molecule has 0 radical (unpaired) electrons. The lowest BCUT2D eigenvalue weighted by atomic mass is 10.1. The molecule has 4 heteroatoms. The Morgan fingerprint density at radius 1 is 1.00 bits per heavy atom. The highest BCUT2D eigenvalue weighted by molar-refractivity contribution is 6.35. The Morgan fingerprint density at radius 3 is 2.23 bits per heavy atom. The first-order chi connectivity index (χ1) is 10.7. The van der Waals surface area contributed by atoms with Crippen LogP contribution in [0.3, 0.4) is 0 Å². The number of aliphatic hydroxyl groups is 1. The van der Waals surface area contributed by atoms with Gasteiger partial charge in [0.05, 0.1) is 12.6 Å². The number of nitrogens with one attached hydrogen (secondary N) is 1. The third-order valence-electron chi connectivity index (χ3n) is 3.94. The zero-order valence-corrected chi connectivity index (χ0v) is 15.1. The molecular weight excluding hydrogens is 317 g/mol. The van der Waals surface area contributed by atoms with Crippen LogP contribution in [0.5, 0.6) is 0 Å². The molecule has 0 amide bonds. The average molecular weight is 346 g/mol. The number of unbranched alkanes of at least 4 members (excludes halogenated alkanes) is 7. The Balaban J connectivity index is 2.19. The van der Waals surface area contributed by atoms with E-state index in [4.69, 9.17) is 23.2 Å². The van der Waals surface area contributed by atoms with Crippen LogP contribution in [-0.4, -0.2) is 18.3 Å². The van der Waals surface area contributed by atoms with Gasteiger partial charge in [-0.3, -0.25) is 0 Å². The van der Waals surface area contributed by atoms with Gasteiger partial charge in [0.25, 0.3) is 0 Å². The van der Waals surface area contributed by atoms with Crippen molar-refractivity contribution in [1.82, 2.24) is 5.32 Å². The maximum atomic E-state index is 9.54. The maximum absolute atomic E-state index is 9.54. The third kappa shape index (κ3) is 7.82. The van der Waals surface area contributed by atoms with Crippen LogP contribution in [0, 0.1) is 0 Å². The van der Waals surface area contributed by atoms with Crippen LogP contribution in [0.4, 0.5) is 0 Å². The minimum Gasteiger partial charge on any atom is -0.394 e. The van der Waals surface area contributed by atoms with Crippen LogP contribution in [0.25, 0.3) is 0 Å². The van der Waals surface area contributed by atoms with Crippen molar-refractivity contribution in [2.24, 2.45) is 0 Å². The van der Waals surface area contributed by atoms with Crippen molar-refractivity contribution < 1.29 is 5.11 Å². The molecule has 1 atom stereocenters. The van der Waals surface area contributed by atoms with Gasteiger partial charge in [-0.15, -0.1) is 0 Å². The zero-order chi connectivity index (χ0) is 16.2. The molecule has 0 saturated carbocycles. The van der Waals surface area contributed by atoms with Crippen molar-refractivity contribution in [2.45, 2.75) is 64.3 Å². The summed E-state index contributed by atoms with van der Waals surface area (Å²) in [5, 5.41) is 14.1. The summed E-state index contributed by atoms with van der Waals surface area (Å²) in [5.74, 6) is 0. The Morgan fingerprint density at radius 2 is 1.64 bits per heavy atom. The van der Waals surface area contributed by atoms with Crippen molar-refractivity contribution >= 4 is 23.2 Å². The first kappa shape index (κ1) is 19.8. The molecule has 0 aliphatic rings. The summed E-state index contributed by atoms with van der Waals surface area (Å²) >= 11 is 12.1. The lowest BCUT2D eigenvalue weighted by molar-refractivity contribution is 0.244. The van der Waals surface area contributed by atoms with Crippen LogP contribution in [-0.2, 0) is 0 Å². The van der Waals surface area contributed by atoms with E-state index in [0.29, 0.717) is 10.0 Å². The Kier molecular flexibility index (Phi) is 10.9. The molecule has 0 bridgehead atoms. The lowest BCUT2D eigenvalue weighted by Crippen LogP contribution is -2.25. The predicted octanol–water partition coefficient (Wildman–Crippen LogP) is 5.76. The molecule has 2 N–H and O–H groups in total. The van der Waals surface area contributed by atoms with E-state index in [9.17, 15) is 5.11 Å². The second-order valence-electron chi connectivity index (χ2n) is 5.83. The first-order valence-electron chi connectivity index (χ1n) is 8.48. The van der Waals surface area contributed by atoms with Gasteiger partial charge in [-0.1, -0.05) is 81.1 Å². The first-order valence-corrected chi connectivity index (χ1v) is 9.23. The second-order valence-corrected chi connectivity index (χ2v) is 6.67. The van der Waals surface area contributed by atoms with E-state index in [0.717, 1.165) is 18.5 Å². The summed E-state index contributed by atoms with van der Waals surface area (Å²) in [6.45, 7) is 3.19. The number of hydrogen-bond acceptors (Lipinski definition) is 2. The summed E-state index contributed by atoms with van der Waals surface area (Å²) in [6, 6.07) is 5.30. The van der Waals surface area contributed by atoms with Crippen molar-refractivity contribution in [3.63, 3.8) is 0 Å². The van der Waals surface area contributed by atoms with Gasteiger partial charge in [0, 0.05) is 10.0 Å². The van der Waals surface area contributed by atoms with Crippen LogP contribution in [0.1, 0.15) is 69.9 Å². The summed E-state index contributed by atoms with van der Waals surface area (Å²) in [5.41, 5.74) is 0.910. The molecule has 0 aliphatic heterocycles. The quantitative estimate of drug-likeness (QED) is 0.472. The van der Waals surface area contributed by atoms with Gasteiger partial charge in [0.2, 0.25) is 0 Å². The van der Waals surface area contributed by atoms with Gasteiger partial charge in [-0.05, 0) is 30.7 Å². The molecule has 0 spiro atoms. The molecule has 0 fully saturated rings. The summed E-state index contributed by atoms with van der Waals surface area (Å²) in [6.07, 6.45) is 10.4. The monoisotopic (exact) mass is 345 g/mol. The SMILES string of the molecule is CCCCCCCCCCN[C@H](CO)c1ccc(Cl)cc1Cl.